The summed E-state index contributed by atoms with van der Waals surface area (Å²) in [6, 6.07) is 12.3. The number of carboxylic acids is 1. The molecule has 0 unspecified atom stereocenters. The summed E-state index contributed by atoms with van der Waals surface area (Å²) in [5, 5.41) is 8.87. The predicted octanol–water partition coefficient (Wildman–Crippen LogP) is 4.25. The van der Waals surface area contributed by atoms with Crippen molar-refractivity contribution in [1.82, 2.24) is 0 Å². The molecule has 0 atom stereocenters. The van der Waals surface area contributed by atoms with Crippen LogP contribution in [0.1, 0.15) is 15.9 Å². The number of para-hydroxylation sites is 1. The van der Waals surface area contributed by atoms with E-state index in [4.69, 9.17) is 9.84 Å². The van der Waals surface area contributed by atoms with Crippen molar-refractivity contribution in [3.05, 3.63) is 58.1 Å². The van der Waals surface area contributed by atoms with Crippen LogP contribution in [0.15, 0.2) is 46.9 Å². The van der Waals surface area contributed by atoms with E-state index >= 15 is 0 Å². The molecule has 3 nitrogen and oxygen atoms in total. The number of aryl methyl sites for hydroxylation is 1. The molecule has 0 saturated carbocycles. The Hall–Kier alpha value is -1.81. The summed E-state index contributed by atoms with van der Waals surface area (Å²) in [5.74, 6) is 0.383. The van der Waals surface area contributed by atoms with Gasteiger partial charge in [-0.05, 0) is 52.7 Å². The number of halogens is 1. The number of hydrogen-bond donors (Lipinski definition) is 1. The van der Waals surface area contributed by atoms with Crippen LogP contribution in [0, 0.1) is 6.92 Å². The van der Waals surface area contributed by atoms with Crippen LogP contribution >= 0.6 is 15.9 Å². The number of carboxylic acid groups (broad SMARTS) is 1. The van der Waals surface area contributed by atoms with Crippen molar-refractivity contribution in [2.75, 3.05) is 0 Å². The van der Waals surface area contributed by atoms with Gasteiger partial charge in [-0.3, -0.25) is 0 Å². The average molecular weight is 307 g/mol. The summed E-state index contributed by atoms with van der Waals surface area (Å²) < 4.78 is 6.35. The van der Waals surface area contributed by atoms with Gasteiger partial charge in [-0.25, -0.2) is 4.79 Å². The highest BCUT2D eigenvalue weighted by atomic mass is 79.9. The van der Waals surface area contributed by atoms with E-state index in [0.29, 0.717) is 10.2 Å². The molecule has 0 radical (unpaired) electrons. The van der Waals surface area contributed by atoms with Crippen LogP contribution in [0.4, 0.5) is 0 Å². The topological polar surface area (TPSA) is 46.5 Å². The minimum atomic E-state index is -0.960. The molecule has 2 aromatic rings. The summed E-state index contributed by atoms with van der Waals surface area (Å²) in [5.41, 5.74) is 1.24. The number of benzene rings is 2. The lowest BCUT2D eigenvalue weighted by Gasteiger charge is -2.10. The molecule has 0 saturated heterocycles. The fourth-order valence-electron chi connectivity index (χ4n) is 1.51. The van der Waals surface area contributed by atoms with Crippen LogP contribution in [-0.4, -0.2) is 11.1 Å². The monoisotopic (exact) mass is 306 g/mol. The summed E-state index contributed by atoms with van der Waals surface area (Å²) in [6.45, 7) is 1.95. The maximum Gasteiger partial charge on any atom is 0.335 e. The Labute approximate surface area is 113 Å². The average Bonchev–Trinajstić information content (AvgIpc) is 2.34. The van der Waals surface area contributed by atoms with E-state index in [9.17, 15) is 4.79 Å². The van der Waals surface area contributed by atoms with Crippen molar-refractivity contribution in [1.29, 1.82) is 0 Å². The molecule has 0 spiro atoms. The molecule has 1 N–H and O–H groups in total. The molecule has 2 aromatic carbocycles. The van der Waals surface area contributed by atoms with E-state index in [1.54, 1.807) is 6.07 Å². The molecule has 0 heterocycles. The minimum absolute atomic E-state index is 0.221. The third-order valence-electron chi connectivity index (χ3n) is 2.49. The highest BCUT2D eigenvalue weighted by Gasteiger charge is 2.09. The highest BCUT2D eigenvalue weighted by Crippen LogP contribution is 2.31. The molecule has 18 heavy (non-hydrogen) atoms. The molecule has 0 fully saturated rings. The highest BCUT2D eigenvalue weighted by molar-refractivity contribution is 9.10. The lowest BCUT2D eigenvalue weighted by molar-refractivity contribution is 0.0697. The van der Waals surface area contributed by atoms with Crippen LogP contribution in [0.25, 0.3) is 0 Å². The van der Waals surface area contributed by atoms with E-state index < -0.39 is 5.97 Å². The van der Waals surface area contributed by atoms with E-state index in [1.165, 1.54) is 12.1 Å². The SMILES string of the molecule is Cc1ccccc1Oc1ccc(C(=O)O)cc1Br. The van der Waals surface area contributed by atoms with Gasteiger partial charge in [-0.1, -0.05) is 18.2 Å². The van der Waals surface area contributed by atoms with Crippen molar-refractivity contribution >= 4 is 21.9 Å². The maximum absolute atomic E-state index is 10.8. The van der Waals surface area contributed by atoms with Crippen molar-refractivity contribution in [2.45, 2.75) is 6.92 Å². The minimum Gasteiger partial charge on any atom is -0.478 e. The van der Waals surface area contributed by atoms with Crippen LogP contribution in [-0.2, 0) is 0 Å². The van der Waals surface area contributed by atoms with E-state index in [2.05, 4.69) is 15.9 Å². The summed E-state index contributed by atoms with van der Waals surface area (Å²) >= 11 is 3.31. The lowest BCUT2D eigenvalue weighted by Crippen LogP contribution is -1.96. The van der Waals surface area contributed by atoms with Gasteiger partial charge in [0.25, 0.3) is 0 Å². The molecular weight excluding hydrogens is 296 g/mol. The number of ether oxygens (including phenoxy) is 1. The summed E-state index contributed by atoms with van der Waals surface area (Å²) in [6.07, 6.45) is 0. The molecule has 0 bridgehead atoms. The summed E-state index contributed by atoms with van der Waals surface area (Å²) in [4.78, 5) is 10.8. The Morgan fingerprint density at radius 1 is 1.17 bits per heavy atom. The van der Waals surface area contributed by atoms with Crippen LogP contribution in [0.3, 0.4) is 0 Å². The summed E-state index contributed by atoms with van der Waals surface area (Å²) in [7, 11) is 0. The van der Waals surface area contributed by atoms with Gasteiger partial charge in [-0.2, -0.15) is 0 Å². The van der Waals surface area contributed by atoms with Crippen LogP contribution in [0.5, 0.6) is 11.5 Å². The molecule has 4 heteroatoms. The van der Waals surface area contributed by atoms with E-state index in [0.717, 1.165) is 11.3 Å². The molecule has 0 aliphatic heterocycles. The number of hydrogen-bond acceptors (Lipinski definition) is 2. The number of carbonyl (C=O) groups is 1. The van der Waals surface area contributed by atoms with Gasteiger partial charge in [-0.15, -0.1) is 0 Å². The first-order valence-corrected chi connectivity index (χ1v) is 6.13. The maximum atomic E-state index is 10.8. The largest absolute Gasteiger partial charge is 0.478 e. The van der Waals surface area contributed by atoms with Crippen molar-refractivity contribution in [3.63, 3.8) is 0 Å². The third-order valence-corrected chi connectivity index (χ3v) is 3.11. The number of aromatic carboxylic acids is 1. The second kappa shape index (κ2) is 5.23. The zero-order valence-corrected chi connectivity index (χ0v) is 11.3. The Bertz CT molecular complexity index is 593. The standard InChI is InChI=1S/C14H11BrO3/c1-9-4-2-3-5-12(9)18-13-7-6-10(14(16)17)8-11(13)15/h2-8H,1H3,(H,16,17). The molecule has 2 rings (SSSR count). The zero-order chi connectivity index (χ0) is 13.1. The smallest absolute Gasteiger partial charge is 0.335 e. The Morgan fingerprint density at radius 3 is 2.50 bits per heavy atom. The Morgan fingerprint density at radius 2 is 1.89 bits per heavy atom. The fourth-order valence-corrected chi connectivity index (χ4v) is 1.97. The second-order valence-corrected chi connectivity index (χ2v) is 4.67. The van der Waals surface area contributed by atoms with Crippen LogP contribution < -0.4 is 4.74 Å². The molecule has 0 amide bonds. The number of rotatable bonds is 3. The molecule has 0 aliphatic rings. The first kappa shape index (κ1) is 12.6. The van der Waals surface area contributed by atoms with Gasteiger partial charge >= 0.3 is 5.97 Å². The van der Waals surface area contributed by atoms with E-state index in [-0.39, 0.29) is 5.56 Å². The van der Waals surface area contributed by atoms with Crippen molar-refractivity contribution < 1.29 is 14.6 Å². The van der Waals surface area contributed by atoms with E-state index in [1.807, 2.05) is 31.2 Å². The predicted molar refractivity (Wildman–Crippen MR) is 72.4 cm³/mol. The van der Waals surface area contributed by atoms with Gasteiger partial charge in [0.15, 0.2) is 0 Å². The molecular formula is C14H11BrO3. The first-order chi connectivity index (χ1) is 8.58. The van der Waals surface area contributed by atoms with Crippen molar-refractivity contribution in [3.8, 4) is 11.5 Å². The Balaban J connectivity index is 2.30. The van der Waals surface area contributed by atoms with Gasteiger partial charge in [0, 0.05) is 0 Å². The van der Waals surface area contributed by atoms with Crippen LogP contribution in [0.2, 0.25) is 0 Å². The van der Waals surface area contributed by atoms with Gasteiger partial charge < -0.3 is 9.84 Å². The van der Waals surface area contributed by atoms with Crippen molar-refractivity contribution in [2.24, 2.45) is 0 Å². The Kier molecular flexibility index (Phi) is 3.67. The quantitative estimate of drug-likeness (QED) is 0.922. The normalized spacial score (nSPS) is 10.1. The third kappa shape index (κ3) is 2.71. The fraction of sp³-hybridized carbons (Fsp3) is 0.0714. The van der Waals surface area contributed by atoms with Gasteiger partial charge in [0.05, 0.1) is 10.0 Å². The zero-order valence-electron chi connectivity index (χ0n) is 9.68. The van der Waals surface area contributed by atoms with Gasteiger partial charge in [0.1, 0.15) is 11.5 Å². The lowest BCUT2D eigenvalue weighted by atomic mass is 10.2. The molecule has 0 aromatic heterocycles. The first-order valence-electron chi connectivity index (χ1n) is 5.34. The molecule has 0 aliphatic carbocycles. The second-order valence-electron chi connectivity index (χ2n) is 3.82. The van der Waals surface area contributed by atoms with Gasteiger partial charge in [0.2, 0.25) is 0 Å². The molecule has 92 valence electrons.